The van der Waals surface area contributed by atoms with Crippen LogP contribution in [0.15, 0.2) is 30.5 Å². The van der Waals surface area contributed by atoms with Crippen molar-refractivity contribution in [3.8, 4) is 23.0 Å². The number of piperidine rings is 1. The number of pyridine rings is 1. The first kappa shape index (κ1) is 31.4. The summed E-state index contributed by atoms with van der Waals surface area (Å²) in [5.74, 6) is -5.51. The Morgan fingerprint density at radius 2 is 1.94 bits per heavy atom. The fourth-order valence-corrected chi connectivity index (χ4v) is 8.91. The Hall–Kier alpha value is -3.84. The highest BCUT2D eigenvalue weighted by Gasteiger charge is 2.66. The van der Waals surface area contributed by atoms with E-state index in [1.807, 2.05) is 0 Å². The number of aliphatic hydroxyl groups excluding tert-OH is 1. The molecular weight excluding hydrogens is 633 g/mol. The summed E-state index contributed by atoms with van der Waals surface area (Å²) in [5.41, 5.74) is -2.12. The zero-order chi connectivity index (χ0) is 33.6. The molecule has 0 spiro atoms. The number of phenolic OH excluding ortho intramolecular Hbond substituents is 1. The predicted octanol–water partition coefficient (Wildman–Crippen LogP) is 6.19. The van der Waals surface area contributed by atoms with E-state index in [9.17, 15) is 19.0 Å². The third-order valence-corrected chi connectivity index (χ3v) is 11.4. The second-order valence-corrected chi connectivity index (χ2v) is 14.0. The lowest BCUT2D eigenvalue weighted by Gasteiger charge is -2.45. The Kier molecular flexibility index (Phi) is 7.26. The van der Waals surface area contributed by atoms with E-state index >= 15 is 13.2 Å². The number of rotatable bonds is 7. The fourth-order valence-electron chi connectivity index (χ4n) is 8.91. The molecule has 2 aromatic carbocycles. The van der Waals surface area contributed by atoms with Crippen LogP contribution in [0.4, 0.5) is 27.8 Å². The van der Waals surface area contributed by atoms with Gasteiger partial charge in [0.05, 0.1) is 22.9 Å². The van der Waals surface area contributed by atoms with E-state index in [0.29, 0.717) is 35.7 Å². The van der Waals surface area contributed by atoms with Gasteiger partial charge in [0.1, 0.15) is 41.4 Å². The number of nitrogens with zero attached hydrogens (tertiary/aromatic N) is 5. The maximum Gasteiger partial charge on any atom is 0.319 e. The van der Waals surface area contributed by atoms with E-state index < -0.39 is 47.2 Å². The van der Waals surface area contributed by atoms with Crippen LogP contribution in [0.3, 0.4) is 0 Å². The van der Waals surface area contributed by atoms with Crippen molar-refractivity contribution in [1.82, 2.24) is 19.9 Å². The Morgan fingerprint density at radius 1 is 1.10 bits per heavy atom. The number of aliphatic hydroxyl groups is 1. The van der Waals surface area contributed by atoms with Crippen molar-refractivity contribution in [2.45, 2.75) is 63.1 Å². The zero-order valence-corrected chi connectivity index (χ0v) is 26.5. The molecule has 3 aliphatic heterocycles. The van der Waals surface area contributed by atoms with Crippen LogP contribution in [-0.2, 0) is 6.42 Å². The normalized spacial score (nSPS) is 28.1. The first-order valence-corrected chi connectivity index (χ1v) is 16.6. The summed E-state index contributed by atoms with van der Waals surface area (Å²) in [7, 11) is 0. The molecule has 2 unspecified atom stereocenters. The number of aromatic hydroxyl groups is 1. The molecule has 3 saturated heterocycles. The summed E-state index contributed by atoms with van der Waals surface area (Å²) < 4.78 is 83.3. The summed E-state index contributed by atoms with van der Waals surface area (Å²) in [6.45, 7) is 1.86. The van der Waals surface area contributed by atoms with E-state index in [-0.39, 0.29) is 72.3 Å². The van der Waals surface area contributed by atoms with Crippen molar-refractivity contribution in [1.29, 1.82) is 0 Å². The summed E-state index contributed by atoms with van der Waals surface area (Å²) in [4.78, 5) is 17.2. The highest BCUT2D eigenvalue weighted by atomic mass is 19.3. The fraction of sp³-hybridized carbons (Fsp3) is 0.514. The van der Waals surface area contributed by atoms with Crippen LogP contribution in [0.5, 0.6) is 11.8 Å². The molecule has 254 valence electrons. The van der Waals surface area contributed by atoms with Crippen LogP contribution < -0.4 is 9.64 Å². The number of aromatic nitrogens is 3. The van der Waals surface area contributed by atoms with Crippen LogP contribution in [0.25, 0.3) is 32.9 Å². The van der Waals surface area contributed by atoms with E-state index in [1.54, 1.807) is 11.8 Å². The number of hydrogen-bond acceptors (Lipinski definition) is 8. The molecule has 2 aromatic heterocycles. The van der Waals surface area contributed by atoms with Gasteiger partial charge in [0.25, 0.3) is 5.92 Å². The average Bonchev–Trinajstić information content (AvgIpc) is 3.59. The number of benzene rings is 2. The summed E-state index contributed by atoms with van der Waals surface area (Å²) in [6.07, 6.45) is 2.90. The third kappa shape index (κ3) is 4.56. The van der Waals surface area contributed by atoms with Gasteiger partial charge >= 0.3 is 6.01 Å². The molecule has 4 fully saturated rings. The number of anilines is 1. The Morgan fingerprint density at radius 3 is 2.73 bits per heavy atom. The molecule has 13 heteroatoms. The molecule has 0 radical (unpaired) electrons. The quantitative estimate of drug-likeness (QED) is 0.225. The topological polar surface area (TPSA) is 94.8 Å². The molecule has 2 bridgehead atoms. The van der Waals surface area contributed by atoms with Crippen molar-refractivity contribution in [3.63, 3.8) is 0 Å². The molecule has 4 atom stereocenters. The molecular formula is C35H36F5N5O3. The molecule has 8 nitrogen and oxygen atoms in total. The van der Waals surface area contributed by atoms with Gasteiger partial charge in [0.15, 0.2) is 5.82 Å². The van der Waals surface area contributed by atoms with Gasteiger partial charge in [0.2, 0.25) is 0 Å². The lowest BCUT2D eigenvalue weighted by atomic mass is 9.79. The van der Waals surface area contributed by atoms with Gasteiger partial charge in [-0.2, -0.15) is 9.97 Å². The molecule has 5 heterocycles. The van der Waals surface area contributed by atoms with Crippen LogP contribution >= 0.6 is 0 Å². The van der Waals surface area contributed by atoms with Gasteiger partial charge < -0.3 is 19.8 Å². The van der Waals surface area contributed by atoms with E-state index in [1.165, 1.54) is 30.5 Å². The van der Waals surface area contributed by atoms with Crippen LogP contribution in [0.1, 0.15) is 44.6 Å². The molecule has 2 N–H and O–H groups in total. The molecule has 1 saturated carbocycles. The second kappa shape index (κ2) is 11.1. The first-order valence-electron chi connectivity index (χ1n) is 16.6. The second-order valence-electron chi connectivity index (χ2n) is 14.0. The highest BCUT2D eigenvalue weighted by Crippen LogP contribution is 2.57. The minimum absolute atomic E-state index is 0.0650. The minimum Gasteiger partial charge on any atom is -0.508 e. The molecule has 8 rings (SSSR count). The van der Waals surface area contributed by atoms with Crippen molar-refractivity contribution >= 4 is 27.5 Å². The molecule has 1 aliphatic carbocycles. The smallest absolute Gasteiger partial charge is 0.319 e. The van der Waals surface area contributed by atoms with Crippen LogP contribution in [-0.4, -0.2) is 87.1 Å². The third-order valence-electron chi connectivity index (χ3n) is 11.4. The van der Waals surface area contributed by atoms with E-state index in [0.717, 1.165) is 19.4 Å². The lowest BCUT2D eigenvalue weighted by Crippen LogP contribution is -2.58. The predicted molar refractivity (Wildman–Crippen MR) is 169 cm³/mol. The van der Waals surface area contributed by atoms with Crippen molar-refractivity contribution in [2.24, 2.45) is 11.3 Å². The maximum absolute atomic E-state index is 16.9. The number of aryl methyl sites for hydroxylation is 1. The van der Waals surface area contributed by atoms with Gasteiger partial charge in [-0.3, -0.25) is 9.88 Å². The average molecular weight is 670 g/mol. The van der Waals surface area contributed by atoms with Gasteiger partial charge in [-0.1, -0.05) is 13.0 Å². The van der Waals surface area contributed by atoms with E-state index in [2.05, 4.69) is 19.9 Å². The van der Waals surface area contributed by atoms with Gasteiger partial charge in [-0.25, -0.2) is 22.0 Å². The van der Waals surface area contributed by atoms with Crippen LogP contribution in [0, 0.1) is 23.0 Å². The Bertz CT molecular complexity index is 1950. The molecule has 48 heavy (non-hydrogen) atoms. The summed E-state index contributed by atoms with van der Waals surface area (Å²) >= 11 is 0. The van der Waals surface area contributed by atoms with Crippen molar-refractivity contribution in [2.75, 3.05) is 44.3 Å². The highest BCUT2D eigenvalue weighted by molar-refractivity contribution is 6.01. The number of alkyl halides is 3. The number of ether oxygens (including phenoxy) is 1. The SMILES string of the molecule is CCc1c(F)ccc2cc(O)cc(-c3ncc4c(N5CC6CCC(CO)(C5)C6(F)F)nc(OC[C@@]56CCCN5C[C@H](F)C6)nc4c3F)c12. The monoisotopic (exact) mass is 669 g/mol. The van der Waals surface area contributed by atoms with Crippen molar-refractivity contribution < 1.29 is 36.9 Å². The molecule has 0 amide bonds. The Labute approximate surface area is 273 Å². The van der Waals surface area contributed by atoms with E-state index in [4.69, 9.17) is 4.74 Å². The minimum atomic E-state index is -3.09. The van der Waals surface area contributed by atoms with Gasteiger partial charge in [-0.15, -0.1) is 0 Å². The van der Waals surface area contributed by atoms with Gasteiger partial charge in [0, 0.05) is 43.7 Å². The van der Waals surface area contributed by atoms with Gasteiger partial charge in [-0.05, 0) is 73.2 Å². The largest absolute Gasteiger partial charge is 0.508 e. The molecule has 4 aliphatic rings. The summed E-state index contributed by atoms with van der Waals surface area (Å²) in [5, 5.41) is 21.8. The summed E-state index contributed by atoms with van der Waals surface area (Å²) in [6, 6.07) is 5.41. The first-order chi connectivity index (χ1) is 23.0. The Balaban J connectivity index is 1.28. The number of hydrogen-bond donors (Lipinski definition) is 2. The lowest BCUT2D eigenvalue weighted by molar-refractivity contribution is -0.153. The standard InChI is InChI=1S/C35H36F5N5O3/c1-2-23-26(37)5-4-19-10-22(47)11-24(27(19)23)29-28(38)30-25(13-41-29)31(44-14-20-6-8-33(16-44,17-46)35(20,39)40)43-32(42-30)48-18-34-7-3-9-45(34)15-21(36)12-34/h4-5,10-11,13,20-21,46-47H,2-3,6-9,12,14-18H2,1H3/t20?,21-,33?,34+/m1/s1. The number of fused-ring (bicyclic) bond motifs is 5. The molecule has 4 aromatic rings. The van der Waals surface area contributed by atoms with Crippen molar-refractivity contribution in [3.05, 3.63) is 47.7 Å². The van der Waals surface area contributed by atoms with Crippen LogP contribution in [0.2, 0.25) is 0 Å². The maximum atomic E-state index is 16.9. The zero-order valence-electron chi connectivity index (χ0n) is 26.5. The number of halogens is 5. The number of phenols is 1.